The number of hydrogen-bond donors (Lipinski definition) is 1. The van der Waals surface area contributed by atoms with Crippen LogP contribution in [0.2, 0.25) is 5.02 Å². The van der Waals surface area contributed by atoms with E-state index in [1.54, 1.807) is 18.2 Å². The Hall–Kier alpha value is -2.99. The summed E-state index contributed by atoms with van der Waals surface area (Å²) in [4.78, 5) is 23.7. The molecule has 0 fully saturated rings. The van der Waals surface area contributed by atoms with Gasteiger partial charge in [0.15, 0.2) is 18.1 Å². The second kappa shape index (κ2) is 8.60. The lowest BCUT2D eigenvalue weighted by Gasteiger charge is -2.06. The largest absolute Gasteiger partial charge is 0.454 e. The van der Waals surface area contributed by atoms with Gasteiger partial charge in [-0.2, -0.15) is 0 Å². The summed E-state index contributed by atoms with van der Waals surface area (Å²) in [6.07, 6.45) is 3.62. The maximum atomic E-state index is 11.9. The van der Waals surface area contributed by atoms with Crippen molar-refractivity contribution in [3.63, 3.8) is 0 Å². The van der Waals surface area contributed by atoms with Crippen molar-refractivity contribution in [3.8, 4) is 11.5 Å². The number of benzene rings is 2. The summed E-state index contributed by atoms with van der Waals surface area (Å²) in [5.41, 5.74) is 2.43. The van der Waals surface area contributed by atoms with Crippen LogP contribution in [0, 0.1) is 0 Å². The maximum absolute atomic E-state index is 11.9. The standard InChI is InChI=1S/C20H18ClNO5/c1-2-13-4-3-5-15(8-13)22-18(23)11-25-19(24)7-6-14-9-16(21)20-17(10-14)26-12-27-20/h3-10H,2,11-12H2,1H3,(H,22,23)/b7-6+. The predicted molar refractivity (Wildman–Crippen MR) is 102 cm³/mol. The van der Waals surface area contributed by atoms with Crippen LogP contribution in [-0.2, 0) is 20.7 Å². The summed E-state index contributed by atoms with van der Waals surface area (Å²) in [5.74, 6) is -0.0400. The van der Waals surface area contributed by atoms with E-state index < -0.39 is 11.9 Å². The maximum Gasteiger partial charge on any atom is 0.331 e. The fourth-order valence-electron chi connectivity index (χ4n) is 2.50. The SMILES string of the molecule is CCc1cccc(NC(=O)COC(=O)/C=C/c2cc(Cl)c3c(c2)OCO3)c1. The highest BCUT2D eigenvalue weighted by atomic mass is 35.5. The van der Waals surface area contributed by atoms with E-state index in [-0.39, 0.29) is 13.4 Å². The molecule has 0 spiro atoms. The minimum absolute atomic E-state index is 0.112. The van der Waals surface area contributed by atoms with Crippen LogP contribution < -0.4 is 14.8 Å². The summed E-state index contributed by atoms with van der Waals surface area (Å²) >= 11 is 6.08. The molecule has 1 N–H and O–H groups in total. The van der Waals surface area contributed by atoms with Crippen molar-refractivity contribution in [1.82, 2.24) is 0 Å². The van der Waals surface area contributed by atoms with Crippen molar-refractivity contribution in [2.45, 2.75) is 13.3 Å². The number of halogens is 1. The van der Waals surface area contributed by atoms with Gasteiger partial charge in [0.25, 0.3) is 5.91 Å². The second-order valence-electron chi connectivity index (χ2n) is 5.78. The minimum Gasteiger partial charge on any atom is -0.454 e. The topological polar surface area (TPSA) is 73.9 Å². The molecule has 2 aromatic rings. The third-order valence-electron chi connectivity index (χ3n) is 3.83. The highest BCUT2D eigenvalue weighted by Crippen LogP contribution is 2.40. The third kappa shape index (κ3) is 5.01. The molecule has 1 amide bonds. The summed E-state index contributed by atoms with van der Waals surface area (Å²) < 4.78 is 15.4. The first-order valence-electron chi connectivity index (χ1n) is 8.38. The number of ether oxygens (including phenoxy) is 3. The molecule has 27 heavy (non-hydrogen) atoms. The Bertz CT molecular complexity index is 894. The Labute approximate surface area is 161 Å². The van der Waals surface area contributed by atoms with E-state index in [0.717, 1.165) is 12.0 Å². The van der Waals surface area contributed by atoms with Gasteiger partial charge in [-0.1, -0.05) is 30.7 Å². The fraction of sp³-hybridized carbons (Fsp3) is 0.200. The number of hydrogen-bond acceptors (Lipinski definition) is 5. The fourth-order valence-corrected chi connectivity index (χ4v) is 2.77. The van der Waals surface area contributed by atoms with Crippen molar-refractivity contribution >= 4 is 35.2 Å². The van der Waals surface area contributed by atoms with Gasteiger partial charge in [0, 0.05) is 11.8 Å². The molecule has 1 aliphatic heterocycles. The zero-order valence-corrected chi connectivity index (χ0v) is 15.4. The van der Waals surface area contributed by atoms with Gasteiger partial charge >= 0.3 is 5.97 Å². The quantitative estimate of drug-likeness (QED) is 0.602. The Morgan fingerprint density at radius 1 is 1.26 bits per heavy atom. The molecule has 0 saturated carbocycles. The molecule has 140 valence electrons. The molecule has 0 bridgehead atoms. The smallest absolute Gasteiger partial charge is 0.331 e. The van der Waals surface area contributed by atoms with E-state index in [1.165, 1.54) is 12.2 Å². The van der Waals surface area contributed by atoms with E-state index in [9.17, 15) is 9.59 Å². The number of nitrogens with one attached hydrogen (secondary N) is 1. The van der Waals surface area contributed by atoms with Crippen molar-refractivity contribution < 1.29 is 23.8 Å². The van der Waals surface area contributed by atoms with E-state index in [4.69, 9.17) is 25.8 Å². The highest BCUT2D eigenvalue weighted by molar-refractivity contribution is 6.32. The van der Waals surface area contributed by atoms with E-state index >= 15 is 0 Å². The summed E-state index contributed by atoms with van der Waals surface area (Å²) in [6, 6.07) is 10.8. The second-order valence-corrected chi connectivity index (χ2v) is 6.19. The molecule has 0 saturated heterocycles. The summed E-state index contributed by atoms with van der Waals surface area (Å²) in [6.45, 7) is 1.77. The lowest BCUT2D eigenvalue weighted by molar-refractivity contribution is -0.142. The van der Waals surface area contributed by atoms with Gasteiger partial charge in [-0.25, -0.2) is 4.79 Å². The zero-order valence-electron chi connectivity index (χ0n) is 14.7. The van der Waals surface area contributed by atoms with Crippen LogP contribution in [0.15, 0.2) is 42.5 Å². The van der Waals surface area contributed by atoms with Crippen molar-refractivity contribution in [2.75, 3.05) is 18.7 Å². The number of esters is 1. The molecule has 1 aliphatic rings. The number of rotatable bonds is 6. The summed E-state index contributed by atoms with van der Waals surface area (Å²) in [7, 11) is 0. The zero-order chi connectivity index (χ0) is 19.2. The van der Waals surface area contributed by atoms with Gasteiger partial charge in [0.05, 0.1) is 5.02 Å². The molecule has 3 rings (SSSR count). The Balaban J connectivity index is 1.51. The van der Waals surface area contributed by atoms with E-state index in [0.29, 0.717) is 27.8 Å². The van der Waals surface area contributed by atoms with Gasteiger partial charge in [0.2, 0.25) is 6.79 Å². The van der Waals surface area contributed by atoms with Gasteiger partial charge in [-0.3, -0.25) is 4.79 Å². The Morgan fingerprint density at radius 3 is 2.93 bits per heavy atom. The Morgan fingerprint density at radius 2 is 2.11 bits per heavy atom. The molecular formula is C20H18ClNO5. The van der Waals surface area contributed by atoms with E-state index in [2.05, 4.69) is 5.32 Å². The lowest BCUT2D eigenvalue weighted by atomic mass is 10.1. The molecule has 1 heterocycles. The molecule has 6 nitrogen and oxygen atoms in total. The molecule has 0 atom stereocenters. The number of fused-ring (bicyclic) bond motifs is 1. The first-order valence-corrected chi connectivity index (χ1v) is 8.75. The van der Waals surface area contributed by atoms with Crippen LogP contribution in [0.1, 0.15) is 18.1 Å². The molecule has 0 aromatic heterocycles. The third-order valence-corrected chi connectivity index (χ3v) is 4.11. The first-order chi connectivity index (χ1) is 13.0. The average molecular weight is 388 g/mol. The molecule has 0 aliphatic carbocycles. The van der Waals surface area contributed by atoms with Crippen molar-refractivity contribution in [2.24, 2.45) is 0 Å². The summed E-state index contributed by atoms with van der Waals surface area (Å²) in [5, 5.41) is 3.09. The van der Waals surface area contributed by atoms with E-state index in [1.807, 2.05) is 25.1 Å². The molecule has 0 unspecified atom stereocenters. The van der Waals surface area contributed by atoms with Gasteiger partial charge in [-0.15, -0.1) is 0 Å². The van der Waals surface area contributed by atoms with Crippen molar-refractivity contribution in [1.29, 1.82) is 0 Å². The van der Waals surface area contributed by atoms with Crippen LogP contribution in [-0.4, -0.2) is 25.3 Å². The monoisotopic (exact) mass is 387 g/mol. The minimum atomic E-state index is -0.638. The van der Waals surface area contributed by atoms with Crippen LogP contribution >= 0.6 is 11.6 Å². The van der Waals surface area contributed by atoms with Gasteiger partial charge in [-0.05, 0) is 47.9 Å². The predicted octanol–water partition coefficient (Wildman–Crippen LogP) is 3.83. The molecule has 0 radical (unpaired) electrons. The lowest BCUT2D eigenvalue weighted by Crippen LogP contribution is -2.20. The van der Waals surface area contributed by atoms with Gasteiger partial charge < -0.3 is 19.5 Å². The number of anilines is 1. The van der Waals surface area contributed by atoms with Crippen LogP contribution in [0.3, 0.4) is 0 Å². The number of amides is 1. The molecule has 7 heteroatoms. The highest BCUT2D eigenvalue weighted by Gasteiger charge is 2.17. The van der Waals surface area contributed by atoms with Crippen LogP contribution in [0.5, 0.6) is 11.5 Å². The first kappa shape index (κ1) is 18.8. The Kier molecular flexibility index (Phi) is 5.98. The number of carbonyl (C=O) groups is 2. The van der Waals surface area contributed by atoms with Gasteiger partial charge in [0.1, 0.15) is 0 Å². The molecular weight excluding hydrogens is 370 g/mol. The van der Waals surface area contributed by atoms with Crippen LogP contribution in [0.25, 0.3) is 6.08 Å². The van der Waals surface area contributed by atoms with Crippen LogP contribution in [0.4, 0.5) is 5.69 Å². The number of carbonyl (C=O) groups excluding carboxylic acids is 2. The molecule has 2 aromatic carbocycles. The average Bonchev–Trinajstić information content (AvgIpc) is 3.14. The normalized spacial score (nSPS) is 12.2. The van der Waals surface area contributed by atoms with Crippen molar-refractivity contribution in [3.05, 3.63) is 58.6 Å². The number of aryl methyl sites for hydroxylation is 1.